The number of hydrogen-bond donors (Lipinski definition) is 2. The summed E-state index contributed by atoms with van der Waals surface area (Å²) in [6.45, 7) is 1.21. The molecule has 1 aliphatic rings. The van der Waals surface area contributed by atoms with Gasteiger partial charge in [-0.2, -0.15) is 0 Å². The Balaban J connectivity index is 1.70. The number of halogens is 1. The van der Waals surface area contributed by atoms with Gasteiger partial charge in [0, 0.05) is 17.4 Å². The van der Waals surface area contributed by atoms with E-state index in [-0.39, 0.29) is 17.2 Å². The second-order valence-corrected chi connectivity index (χ2v) is 6.25. The molecule has 0 bridgehead atoms. The Kier molecular flexibility index (Phi) is 4.42. The maximum atomic E-state index is 12.2. The van der Waals surface area contributed by atoms with E-state index in [2.05, 4.69) is 36.0 Å². The van der Waals surface area contributed by atoms with Gasteiger partial charge >= 0.3 is 0 Å². The van der Waals surface area contributed by atoms with Crippen molar-refractivity contribution in [2.75, 3.05) is 0 Å². The molecule has 3 rings (SSSR count). The predicted molar refractivity (Wildman–Crippen MR) is 84.6 cm³/mol. The van der Waals surface area contributed by atoms with E-state index < -0.39 is 0 Å². The third kappa shape index (κ3) is 3.14. The van der Waals surface area contributed by atoms with Gasteiger partial charge in [0.15, 0.2) is 5.82 Å². The summed E-state index contributed by atoms with van der Waals surface area (Å²) < 4.78 is 2.82. The lowest BCUT2D eigenvalue weighted by molar-refractivity contribution is 0.0946. The summed E-state index contributed by atoms with van der Waals surface area (Å²) in [6.07, 6.45) is 4.38. The zero-order valence-electron chi connectivity index (χ0n) is 12.0. The highest BCUT2D eigenvalue weighted by molar-refractivity contribution is 9.10. The average molecular weight is 365 g/mol. The van der Waals surface area contributed by atoms with Gasteiger partial charge in [0.05, 0.1) is 12.1 Å². The number of nitrogens with one attached hydrogen (secondary N) is 1. The van der Waals surface area contributed by atoms with Crippen molar-refractivity contribution in [3.63, 3.8) is 0 Å². The predicted octanol–water partition coefficient (Wildman–Crippen LogP) is 2.40. The quantitative estimate of drug-likeness (QED) is 0.876. The fourth-order valence-electron chi connectivity index (χ4n) is 2.63. The van der Waals surface area contributed by atoms with Gasteiger partial charge < -0.3 is 15.0 Å². The second-order valence-electron chi connectivity index (χ2n) is 5.34. The van der Waals surface area contributed by atoms with Gasteiger partial charge in [-0.1, -0.05) is 22.4 Å². The van der Waals surface area contributed by atoms with Gasteiger partial charge in [0.2, 0.25) is 0 Å². The highest BCUT2D eigenvalue weighted by Crippen LogP contribution is 2.22. The van der Waals surface area contributed by atoms with Crippen molar-refractivity contribution in [3.05, 3.63) is 39.9 Å². The summed E-state index contributed by atoms with van der Waals surface area (Å²) >= 11 is 3.25. The molecule has 22 heavy (non-hydrogen) atoms. The maximum absolute atomic E-state index is 12.2. The van der Waals surface area contributed by atoms with E-state index in [1.165, 1.54) is 12.5 Å². The molecule has 2 N–H and O–H groups in total. The molecule has 6 nitrogen and oxygen atoms in total. The third-order valence-corrected chi connectivity index (χ3v) is 4.29. The van der Waals surface area contributed by atoms with Crippen molar-refractivity contribution in [2.45, 2.75) is 38.8 Å². The van der Waals surface area contributed by atoms with Crippen molar-refractivity contribution < 1.29 is 9.90 Å². The van der Waals surface area contributed by atoms with Gasteiger partial charge in [-0.25, -0.2) is 0 Å². The first-order valence-corrected chi connectivity index (χ1v) is 8.12. The zero-order chi connectivity index (χ0) is 15.5. The number of carbonyl (C=O) groups is 1. The Morgan fingerprint density at radius 2 is 2.18 bits per heavy atom. The van der Waals surface area contributed by atoms with Crippen LogP contribution in [0, 0.1) is 0 Å². The molecule has 2 aromatic rings. The van der Waals surface area contributed by atoms with Gasteiger partial charge in [-0.3, -0.25) is 4.79 Å². The van der Waals surface area contributed by atoms with Crippen LogP contribution in [0.25, 0.3) is 0 Å². The first kappa shape index (κ1) is 15.0. The Bertz CT molecular complexity index is 699. The van der Waals surface area contributed by atoms with Crippen LogP contribution in [0.15, 0.2) is 22.7 Å². The minimum absolute atomic E-state index is 0.0491. The first-order valence-electron chi connectivity index (χ1n) is 7.33. The third-order valence-electron chi connectivity index (χ3n) is 3.80. The number of aromatic nitrogens is 3. The number of rotatable bonds is 3. The number of hydrogen-bond acceptors (Lipinski definition) is 4. The SMILES string of the molecule is O=C(NCc1nnc2n1CCCCC2)c1ccc(Br)cc1O. The Hall–Kier alpha value is -1.89. The molecular formula is C15H17BrN4O2. The molecule has 2 heterocycles. The smallest absolute Gasteiger partial charge is 0.255 e. The molecule has 1 aromatic heterocycles. The lowest BCUT2D eigenvalue weighted by Gasteiger charge is -2.09. The molecule has 1 aromatic carbocycles. The van der Waals surface area contributed by atoms with Crippen LogP contribution in [0.4, 0.5) is 0 Å². The molecule has 0 aliphatic carbocycles. The molecule has 0 unspecified atom stereocenters. The van der Waals surface area contributed by atoms with E-state index in [4.69, 9.17) is 0 Å². The van der Waals surface area contributed by atoms with Crippen molar-refractivity contribution >= 4 is 21.8 Å². The Morgan fingerprint density at radius 1 is 1.32 bits per heavy atom. The van der Waals surface area contributed by atoms with Gasteiger partial charge in [-0.05, 0) is 31.0 Å². The summed E-state index contributed by atoms with van der Waals surface area (Å²) in [5.74, 6) is 1.39. The van der Waals surface area contributed by atoms with E-state index >= 15 is 0 Å². The van der Waals surface area contributed by atoms with Gasteiger partial charge in [0.25, 0.3) is 5.91 Å². The van der Waals surface area contributed by atoms with Crippen LogP contribution in [-0.4, -0.2) is 25.8 Å². The molecular weight excluding hydrogens is 348 g/mol. The standard InChI is InChI=1S/C15H17BrN4O2/c16-10-5-6-11(12(21)8-10)15(22)17-9-14-19-18-13-4-2-1-3-7-20(13)14/h5-6,8,21H,1-4,7,9H2,(H,17,22). The van der Waals surface area contributed by atoms with Crippen molar-refractivity contribution in [2.24, 2.45) is 0 Å². The van der Waals surface area contributed by atoms with Gasteiger partial charge in [0.1, 0.15) is 11.6 Å². The van der Waals surface area contributed by atoms with E-state index in [0.29, 0.717) is 6.54 Å². The van der Waals surface area contributed by atoms with Crippen LogP contribution < -0.4 is 5.32 Å². The van der Waals surface area contributed by atoms with E-state index in [0.717, 1.165) is 41.9 Å². The van der Waals surface area contributed by atoms with Crippen LogP contribution >= 0.6 is 15.9 Å². The molecule has 0 saturated carbocycles. The van der Waals surface area contributed by atoms with Crippen LogP contribution in [-0.2, 0) is 19.5 Å². The van der Waals surface area contributed by atoms with Gasteiger partial charge in [-0.15, -0.1) is 10.2 Å². The number of benzene rings is 1. The monoisotopic (exact) mass is 364 g/mol. The minimum Gasteiger partial charge on any atom is -0.507 e. The molecule has 1 aliphatic heterocycles. The number of nitrogens with zero attached hydrogens (tertiary/aromatic N) is 3. The summed E-state index contributed by atoms with van der Waals surface area (Å²) in [5, 5.41) is 21.0. The van der Waals surface area contributed by atoms with E-state index in [1.54, 1.807) is 12.1 Å². The van der Waals surface area contributed by atoms with Crippen LogP contribution in [0.3, 0.4) is 0 Å². The molecule has 7 heteroatoms. The normalized spacial score (nSPS) is 14.2. The largest absolute Gasteiger partial charge is 0.507 e. The van der Waals surface area contributed by atoms with E-state index in [9.17, 15) is 9.90 Å². The zero-order valence-corrected chi connectivity index (χ0v) is 13.6. The number of carbonyl (C=O) groups excluding carboxylic acids is 1. The van der Waals surface area contributed by atoms with Crippen LogP contribution in [0.5, 0.6) is 5.75 Å². The fourth-order valence-corrected chi connectivity index (χ4v) is 2.98. The lowest BCUT2D eigenvalue weighted by atomic mass is 10.2. The number of phenolic OH excluding ortho intramolecular Hbond substituents is 1. The molecule has 0 atom stereocenters. The molecule has 0 spiro atoms. The highest BCUT2D eigenvalue weighted by Gasteiger charge is 2.16. The second kappa shape index (κ2) is 6.48. The average Bonchev–Trinajstić information content (AvgIpc) is 2.72. The fraction of sp³-hybridized carbons (Fsp3) is 0.400. The van der Waals surface area contributed by atoms with Crippen molar-refractivity contribution in [1.82, 2.24) is 20.1 Å². The number of aromatic hydroxyl groups is 1. The Morgan fingerprint density at radius 3 is 3.00 bits per heavy atom. The number of phenols is 1. The summed E-state index contributed by atoms with van der Waals surface area (Å²) in [5.41, 5.74) is 0.249. The summed E-state index contributed by atoms with van der Waals surface area (Å²) in [6, 6.07) is 4.80. The van der Waals surface area contributed by atoms with Crippen molar-refractivity contribution in [1.29, 1.82) is 0 Å². The number of amides is 1. The topological polar surface area (TPSA) is 80.0 Å². The van der Waals surface area contributed by atoms with E-state index in [1.807, 2.05) is 0 Å². The first-order chi connectivity index (χ1) is 10.6. The minimum atomic E-state index is -0.323. The van der Waals surface area contributed by atoms with Crippen molar-refractivity contribution in [3.8, 4) is 5.75 Å². The molecule has 0 radical (unpaired) electrons. The molecule has 0 fully saturated rings. The summed E-state index contributed by atoms with van der Waals surface area (Å²) in [4.78, 5) is 12.2. The lowest BCUT2D eigenvalue weighted by Crippen LogP contribution is -2.25. The number of aryl methyl sites for hydroxylation is 1. The maximum Gasteiger partial charge on any atom is 0.255 e. The molecule has 1 amide bonds. The van der Waals surface area contributed by atoms with Crippen LogP contribution in [0.1, 0.15) is 41.3 Å². The molecule has 0 saturated heterocycles. The number of fused-ring (bicyclic) bond motifs is 1. The Labute approximate surface area is 136 Å². The molecule has 116 valence electrons. The summed E-state index contributed by atoms with van der Waals surface area (Å²) in [7, 11) is 0. The van der Waals surface area contributed by atoms with Crippen LogP contribution in [0.2, 0.25) is 0 Å². The highest BCUT2D eigenvalue weighted by atomic mass is 79.9.